The fourth-order valence-electron chi connectivity index (χ4n) is 2.94. The number of hydrogen-bond acceptors (Lipinski definition) is 3. The molecule has 0 aliphatic heterocycles. The van der Waals surface area contributed by atoms with Crippen LogP contribution in [-0.4, -0.2) is 20.2 Å². The van der Waals surface area contributed by atoms with Crippen molar-refractivity contribution in [2.75, 3.05) is 11.1 Å². The summed E-state index contributed by atoms with van der Waals surface area (Å²) >= 11 is 0. The highest BCUT2D eigenvalue weighted by atomic mass is 32.2. The number of hydrogen-bond donors (Lipinski definition) is 1. The van der Waals surface area contributed by atoms with Gasteiger partial charge in [0.25, 0.3) is 0 Å². The van der Waals surface area contributed by atoms with Gasteiger partial charge in [-0.15, -0.1) is 0 Å². The summed E-state index contributed by atoms with van der Waals surface area (Å²) in [5, 5.41) is 3.55. The summed E-state index contributed by atoms with van der Waals surface area (Å²) in [5.74, 6) is 0.218. The van der Waals surface area contributed by atoms with E-state index in [0.29, 0.717) is 22.8 Å². The van der Waals surface area contributed by atoms with Gasteiger partial charge in [0.2, 0.25) is 0 Å². The molecule has 2 rings (SSSR count). The fraction of sp³-hybridized carbons (Fsp3) is 0.625. The normalized spacial score (nSPS) is 21.9. The van der Waals surface area contributed by atoms with Crippen LogP contribution < -0.4 is 5.32 Å². The van der Waals surface area contributed by atoms with Crippen molar-refractivity contribution in [2.45, 2.75) is 57.4 Å². The molecule has 1 aliphatic rings. The fourth-order valence-corrected chi connectivity index (χ4v) is 4.26. The lowest BCUT2D eigenvalue weighted by molar-refractivity contribution is 0.350. The first kappa shape index (κ1) is 15.4. The summed E-state index contributed by atoms with van der Waals surface area (Å²) < 4.78 is 23.9. The predicted molar refractivity (Wildman–Crippen MR) is 83.8 cm³/mol. The Balaban J connectivity index is 2.09. The Labute approximate surface area is 122 Å². The van der Waals surface area contributed by atoms with Gasteiger partial charge in [0.05, 0.1) is 10.6 Å². The minimum atomic E-state index is -3.10. The largest absolute Gasteiger partial charge is 0.382 e. The summed E-state index contributed by atoms with van der Waals surface area (Å²) in [6, 6.07) is 7.68. The van der Waals surface area contributed by atoms with Crippen LogP contribution in [0.25, 0.3) is 0 Å². The number of nitrogens with one attached hydrogen (secondary N) is 1. The van der Waals surface area contributed by atoms with Crippen molar-refractivity contribution >= 4 is 15.5 Å². The highest BCUT2D eigenvalue weighted by Gasteiger charge is 2.34. The lowest BCUT2D eigenvalue weighted by atomic mass is 9.87. The Morgan fingerprint density at radius 2 is 1.90 bits per heavy atom. The quantitative estimate of drug-likeness (QED) is 0.897. The van der Waals surface area contributed by atoms with Gasteiger partial charge in [-0.3, -0.25) is 0 Å². The van der Waals surface area contributed by atoms with Crippen LogP contribution in [0.15, 0.2) is 29.2 Å². The standard InChI is InChI=1S/C16H25NO2S/c1-4-12-20(18,19)14-9-7-13(8-10-14)17-15-6-5-11-16(15,2)3/h7-10,15,17H,4-6,11-12H2,1-3H3. The maximum Gasteiger partial charge on any atom is 0.178 e. The highest BCUT2D eigenvalue weighted by Crippen LogP contribution is 2.39. The van der Waals surface area contributed by atoms with Gasteiger partial charge in [-0.1, -0.05) is 27.2 Å². The third-order valence-corrected chi connectivity index (χ3v) is 6.22. The van der Waals surface area contributed by atoms with Gasteiger partial charge in [0.1, 0.15) is 0 Å². The smallest absolute Gasteiger partial charge is 0.178 e. The van der Waals surface area contributed by atoms with E-state index in [1.807, 2.05) is 19.1 Å². The molecule has 1 aromatic carbocycles. The molecule has 0 radical (unpaired) electrons. The molecular weight excluding hydrogens is 270 g/mol. The van der Waals surface area contributed by atoms with Gasteiger partial charge in [-0.25, -0.2) is 8.42 Å². The summed E-state index contributed by atoms with van der Waals surface area (Å²) in [6.45, 7) is 6.46. The molecule has 1 aromatic rings. The second-order valence-electron chi connectivity index (χ2n) is 6.42. The summed E-state index contributed by atoms with van der Waals surface area (Å²) in [7, 11) is -3.10. The molecule has 1 unspecified atom stereocenters. The van der Waals surface area contributed by atoms with Gasteiger partial charge >= 0.3 is 0 Å². The van der Waals surface area contributed by atoms with E-state index in [2.05, 4.69) is 19.2 Å². The van der Waals surface area contributed by atoms with E-state index >= 15 is 0 Å². The molecule has 3 nitrogen and oxygen atoms in total. The van der Waals surface area contributed by atoms with Crippen LogP contribution in [0.2, 0.25) is 0 Å². The molecule has 1 aliphatic carbocycles. The zero-order chi connectivity index (χ0) is 14.8. The first-order valence-corrected chi connectivity index (χ1v) is 9.10. The van der Waals surface area contributed by atoms with E-state index in [-0.39, 0.29) is 5.75 Å². The summed E-state index contributed by atoms with van der Waals surface area (Å²) in [4.78, 5) is 0.426. The zero-order valence-electron chi connectivity index (χ0n) is 12.6. The molecule has 0 spiro atoms. The lowest BCUT2D eigenvalue weighted by Gasteiger charge is -2.28. The Morgan fingerprint density at radius 1 is 1.25 bits per heavy atom. The Bertz CT molecular complexity index is 546. The monoisotopic (exact) mass is 295 g/mol. The zero-order valence-corrected chi connectivity index (χ0v) is 13.5. The van der Waals surface area contributed by atoms with E-state index in [4.69, 9.17) is 0 Å². The van der Waals surface area contributed by atoms with E-state index in [1.165, 1.54) is 19.3 Å². The molecule has 0 amide bonds. The Morgan fingerprint density at radius 3 is 2.40 bits per heavy atom. The van der Waals surface area contributed by atoms with Crippen LogP contribution in [0, 0.1) is 5.41 Å². The number of anilines is 1. The van der Waals surface area contributed by atoms with Crippen molar-refractivity contribution in [3.8, 4) is 0 Å². The van der Waals surface area contributed by atoms with E-state index in [0.717, 1.165) is 5.69 Å². The van der Waals surface area contributed by atoms with Gasteiger partial charge in [-0.05, 0) is 48.9 Å². The minimum absolute atomic E-state index is 0.218. The molecule has 1 N–H and O–H groups in total. The van der Waals surface area contributed by atoms with E-state index in [1.54, 1.807) is 12.1 Å². The van der Waals surface area contributed by atoms with Crippen molar-refractivity contribution in [3.63, 3.8) is 0 Å². The third kappa shape index (κ3) is 3.35. The molecule has 0 heterocycles. The van der Waals surface area contributed by atoms with Crippen LogP contribution in [0.4, 0.5) is 5.69 Å². The van der Waals surface area contributed by atoms with Crippen LogP contribution in [0.5, 0.6) is 0 Å². The van der Waals surface area contributed by atoms with Crippen LogP contribution in [-0.2, 0) is 9.84 Å². The SMILES string of the molecule is CCCS(=O)(=O)c1ccc(NC2CCCC2(C)C)cc1. The van der Waals surface area contributed by atoms with Crippen molar-refractivity contribution in [2.24, 2.45) is 5.41 Å². The summed E-state index contributed by atoms with van der Waals surface area (Å²) in [6.07, 6.45) is 4.34. The molecular formula is C16H25NO2S. The van der Waals surface area contributed by atoms with Crippen LogP contribution in [0.1, 0.15) is 46.5 Å². The van der Waals surface area contributed by atoms with Crippen LogP contribution >= 0.6 is 0 Å². The molecule has 4 heteroatoms. The molecule has 1 fully saturated rings. The van der Waals surface area contributed by atoms with Gasteiger partial charge in [-0.2, -0.15) is 0 Å². The topological polar surface area (TPSA) is 46.2 Å². The maximum absolute atomic E-state index is 12.0. The molecule has 0 bridgehead atoms. The highest BCUT2D eigenvalue weighted by molar-refractivity contribution is 7.91. The molecule has 112 valence electrons. The summed E-state index contributed by atoms with van der Waals surface area (Å²) in [5.41, 5.74) is 1.33. The van der Waals surface area contributed by atoms with Crippen LogP contribution in [0.3, 0.4) is 0 Å². The van der Waals surface area contributed by atoms with Gasteiger partial charge < -0.3 is 5.32 Å². The molecule has 0 saturated heterocycles. The van der Waals surface area contributed by atoms with E-state index < -0.39 is 9.84 Å². The lowest BCUT2D eigenvalue weighted by Crippen LogP contribution is -2.30. The van der Waals surface area contributed by atoms with Crippen molar-refractivity contribution in [1.29, 1.82) is 0 Å². The minimum Gasteiger partial charge on any atom is -0.382 e. The molecule has 20 heavy (non-hydrogen) atoms. The second kappa shape index (κ2) is 5.76. The number of rotatable bonds is 5. The molecule has 1 saturated carbocycles. The first-order chi connectivity index (χ1) is 9.35. The molecule has 0 aromatic heterocycles. The Hall–Kier alpha value is -1.03. The second-order valence-corrected chi connectivity index (χ2v) is 8.53. The predicted octanol–water partition coefficient (Wildman–Crippen LogP) is 3.86. The Kier molecular flexibility index (Phi) is 4.43. The average Bonchev–Trinajstić information content (AvgIpc) is 2.69. The average molecular weight is 295 g/mol. The maximum atomic E-state index is 12.0. The van der Waals surface area contributed by atoms with E-state index in [9.17, 15) is 8.42 Å². The number of sulfone groups is 1. The number of benzene rings is 1. The first-order valence-electron chi connectivity index (χ1n) is 7.44. The van der Waals surface area contributed by atoms with Gasteiger partial charge in [0, 0.05) is 11.7 Å². The van der Waals surface area contributed by atoms with Crippen molar-refractivity contribution in [3.05, 3.63) is 24.3 Å². The molecule has 1 atom stereocenters. The third-order valence-electron chi connectivity index (χ3n) is 4.28. The van der Waals surface area contributed by atoms with Gasteiger partial charge in [0.15, 0.2) is 9.84 Å². The van der Waals surface area contributed by atoms with Crippen molar-refractivity contribution in [1.82, 2.24) is 0 Å². The van der Waals surface area contributed by atoms with Crippen molar-refractivity contribution < 1.29 is 8.42 Å².